The molecule has 2 rings (SSSR count). The third-order valence-electron chi connectivity index (χ3n) is 4.55. The number of rotatable bonds is 4. The van der Waals surface area contributed by atoms with Gasteiger partial charge in [0.2, 0.25) is 0 Å². The van der Waals surface area contributed by atoms with Gasteiger partial charge in [0.25, 0.3) is 0 Å². The molecule has 1 saturated carbocycles. The van der Waals surface area contributed by atoms with E-state index in [0.717, 1.165) is 17.2 Å². The Morgan fingerprint density at radius 3 is 2.70 bits per heavy atom. The molecule has 3 atom stereocenters. The Morgan fingerprint density at radius 1 is 1.35 bits per heavy atom. The standard InChI is InChI=1S/C17H28N2O/c1-12-7-5-8-14(11-12)19(3)15-9-6-10-16(20-4)17(15)13(2)18/h6,9-10,12-14H,5,7-8,11,18H2,1-4H3. The van der Waals surface area contributed by atoms with Crippen LogP contribution in [0, 0.1) is 5.92 Å². The van der Waals surface area contributed by atoms with Gasteiger partial charge in [-0.2, -0.15) is 0 Å². The molecule has 0 aromatic heterocycles. The van der Waals surface area contributed by atoms with Gasteiger partial charge in [-0.1, -0.05) is 25.8 Å². The lowest BCUT2D eigenvalue weighted by molar-refractivity contribution is 0.335. The van der Waals surface area contributed by atoms with E-state index in [1.165, 1.54) is 31.4 Å². The lowest BCUT2D eigenvalue weighted by atomic mass is 9.86. The molecule has 0 radical (unpaired) electrons. The molecule has 3 heteroatoms. The predicted octanol–water partition coefficient (Wildman–Crippen LogP) is 3.73. The molecule has 0 aliphatic heterocycles. The van der Waals surface area contributed by atoms with Crippen LogP contribution in [0.1, 0.15) is 51.1 Å². The number of ether oxygens (including phenoxy) is 1. The van der Waals surface area contributed by atoms with Gasteiger partial charge in [0.15, 0.2) is 0 Å². The molecule has 2 N–H and O–H groups in total. The van der Waals surface area contributed by atoms with Crippen LogP contribution in [-0.2, 0) is 0 Å². The Balaban J connectivity index is 2.31. The fourth-order valence-corrected chi connectivity index (χ4v) is 3.43. The minimum Gasteiger partial charge on any atom is -0.496 e. The molecule has 1 fully saturated rings. The van der Waals surface area contributed by atoms with Crippen LogP contribution in [-0.4, -0.2) is 20.2 Å². The third kappa shape index (κ3) is 3.09. The number of hydrogen-bond donors (Lipinski definition) is 1. The first-order valence-electron chi connectivity index (χ1n) is 7.70. The van der Waals surface area contributed by atoms with Gasteiger partial charge in [-0.3, -0.25) is 0 Å². The van der Waals surface area contributed by atoms with E-state index < -0.39 is 0 Å². The Morgan fingerprint density at radius 2 is 2.10 bits per heavy atom. The Kier molecular flexibility index (Phi) is 4.92. The second-order valence-electron chi connectivity index (χ2n) is 6.22. The average molecular weight is 276 g/mol. The highest BCUT2D eigenvalue weighted by Gasteiger charge is 2.25. The van der Waals surface area contributed by atoms with Crippen molar-refractivity contribution in [3.63, 3.8) is 0 Å². The van der Waals surface area contributed by atoms with Crippen molar-refractivity contribution in [1.82, 2.24) is 0 Å². The minimum atomic E-state index is -0.0235. The van der Waals surface area contributed by atoms with Crippen molar-refractivity contribution in [2.75, 3.05) is 19.1 Å². The normalized spacial score (nSPS) is 24.2. The molecular formula is C17H28N2O. The Labute approximate surface area is 123 Å². The zero-order valence-corrected chi connectivity index (χ0v) is 13.2. The van der Waals surface area contributed by atoms with Gasteiger partial charge < -0.3 is 15.4 Å². The van der Waals surface area contributed by atoms with E-state index in [2.05, 4.69) is 31.0 Å². The van der Waals surface area contributed by atoms with Crippen LogP contribution in [0.15, 0.2) is 18.2 Å². The molecule has 20 heavy (non-hydrogen) atoms. The number of benzene rings is 1. The van der Waals surface area contributed by atoms with Gasteiger partial charge in [-0.05, 0) is 37.8 Å². The predicted molar refractivity (Wildman–Crippen MR) is 85.4 cm³/mol. The zero-order valence-electron chi connectivity index (χ0n) is 13.2. The molecule has 0 saturated heterocycles. The molecule has 1 aromatic rings. The first kappa shape index (κ1) is 15.2. The van der Waals surface area contributed by atoms with Crippen molar-refractivity contribution < 1.29 is 4.74 Å². The van der Waals surface area contributed by atoms with Crippen molar-refractivity contribution in [3.05, 3.63) is 23.8 Å². The van der Waals surface area contributed by atoms with E-state index in [1.807, 2.05) is 13.0 Å². The Hall–Kier alpha value is -1.22. The number of hydrogen-bond acceptors (Lipinski definition) is 3. The highest BCUT2D eigenvalue weighted by molar-refractivity contribution is 5.61. The smallest absolute Gasteiger partial charge is 0.125 e. The summed E-state index contributed by atoms with van der Waals surface area (Å²) in [6, 6.07) is 6.82. The summed E-state index contributed by atoms with van der Waals surface area (Å²) in [7, 11) is 3.91. The van der Waals surface area contributed by atoms with E-state index in [1.54, 1.807) is 7.11 Å². The molecule has 0 spiro atoms. The van der Waals surface area contributed by atoms with Gasteiger partial charge >= 0.3 is 0 Å². The maximum Gasteiger partial charge on any atom is 0.125 e. The van der Waals surface area contributed by atoms with Crippen molar-refractivity contribution in [1.29, 1.82) is 0 Å². The number of anilines is 1. The topological polar surface area (TPSA) is 38.5 Å². The number of nitrogens with two attached hydrogens (primary N) is 1. The van der Waals surface area contributed by atoms with E-state index in [4.69, 9.17) is 10.5 Å². The van der Waals surface area contributed by atoms with Crippen molar-refractivity contribution in [3.8, 4) is 5.75 Å². The van der Waals surface area contributed by atoms with Gasteiger partial charge in [0.1, 0.15) is 5.75 Å². The number of nitrogens with zero attached hydrogens (tertiary/aromatic N) is 1. The van der Waals surface area contributed by atoms with Gasteiger partial charge in [-0.15, -0.1) is 0 Å². The van der Waals surface area contributed by atoms with Gasteiger partial charge in [0, 0.05) is 30.4 Å². The van der Waals surface area contributed by atoms with Crippen LogP contribution in [0.4, 0.5) is 5.69 Å². The third-order valence-corrected chi connectivity index (χ3v) is 4.55. The summed E-state index contributed by atoms with van der Waals surface area (Å²) in [5.74, 6) is 1.72. The lowest BCUT2D eigenvalue weighted by Gasteiger charge is -2.37. The van der Waals surface area contributed by atoms with E-state index in [-0.39, 0.29) is 6.04 Å². The maximum atomic E-state index is 6.18. The van der Waals surface area contributed by atoms with Crippen LogP contribution in [0.5, 0.6) is 5.75 Å². The van der Waals surface area contributed by atoms with Crippen LogP contribution in [0.25, 0.3) is 0 Å². The highest BCUT2D eigenvalue weighted by atomic mass is 16.5. The summed E-state index contributed by atoms with van der Waals surface area (Å²) in [4.78, 5) is 2.41. The summed E-state index contributed by atoms with van der Waals surface area (Å²) in [6.45, 7) is 4.39. The molecule has 3 unspecified atom stereocenters. The second-order valence-corrected chi connectivity index (χ2v) is 6.22. The first-order chi connectivity index (χ1) is 9.54. The van der Waals surface area contributed by atoms with E-state index in [0.29, 0.717) is 6.04 Å². The molecule has 0 amide bonds. The van der Waals surface area contributed by atoms with Crippen molar-refractivity contribution >= 4 is 5.69 Å². The molecule has 112 valence electrons. The molecular weight excluding hydrogens is 248 g/mol. The molecule has 3 nitrogen and oxygen atoms in total. The summed E-state index contributed by atoms with van der Waals surface area (Å²) in [6.07, 6.45) is 5.23. The SMILES string of the molecule is COc1cccc(N(C)C2CCCC(C)C2)c1C(C)N. The summed E-state index contributed by atoms with van der Waals surface area (Å²) < 4.78 is 5.50. The Bertz CT molecular complexity index is 445. The van der Waals surface area contributed by atoms with Gasteiger partial charge in [-0.25, -0.2) is 0 Å². The number of methoxy groups -OCH3 is 1. The molecule has 1 aliphatic rings. The zero-order chi connectivity index (χ0) is 14.7. The summed E-state index contributed by atoms with van der Waals surface area (Å²) >= 11 is 0. The molecule has 1 aromatic carbocycles. The second kappa shape index (κ2) is 6.49. The summed E-state index contributed by atoms with van der Waals surface area (Å²) in [5.41, 5.74) is 8.52. The van der Waals surface area contributed by atoms with Crippen LogP contribution < -0.4 is 15.4 Å². The minimum absolute atomic E-state index is 0.0235. The van der Waals surface area contributed by atoms with Crippen molar-refractivity contribution in [2.45, 2.75) is 51.6 Å². The van der Waals surface area contributed by atoms with E-state index in [9.17, 15) is 0 Å². The quantitative estimate of drug-likeness (QED) is 0.910. The van der Waals surface area contributed by atoms with Gasteiger partial charge in [0.05, 0.1) is 7.11 Å². The van der Waals surface area contributed by atoms with Crippen molar-refractivity contribution in [2.24, 2.45) is 11.7 Å². The monoisotopic (exact) mass is 276 g/mol. The van der Waals surface area contributed by atoms with Crippen LogP contribution in [0.2, 0.25) is 0 Å². The highest BCUT2D eigenvalue weighted by Crippen LogP contribution is 2.36. The fraction of sp³-hybridized carbons (Fsp3) is 0.647. The molecule has 0 heterocycles. The van der Waals surface area contributed by atoms with Crippen LogP contribution in [0.3, 0.4) is 0 Å². The largest absolute Gasteiger partial charge is 0.496 e. The molecule has 0 bridgehead atoms. The average Bonchev–Trinajstić information content (AvgIpc) is 2.45. The fourth-order valence-electron chi connectivity index (χ4n) is 3.43. The molecule has 1 aliphatic carbocycles. The summed E-state index contributed by atoms with van der Waals surface area (Å²) in [5, 5.41) is 0. The van der Waals surface area contributed by atoms with Crippen LogP contribution >= 0.6 is 0 Å². The maximum absolute atomic E-state index is 6.18. The van der Waals surface area contributed by atoms with E-state index >= 15 is 0 Å². The lowest BCUT2D eigenvalue weighted by Crippen LogP contribution is -2.36. The first-order valence-corrected chi connectivity index (χ1v) is 7.70.